The van der Waals surface area contributed by atoms with Gasteiger partial charge in [0.25, 0.3) is 5.91 Å². The highest BCUT2D eigenvalue weighted by Crippen LogP contribution is 2.22. The summed E-state index contributed by atoms with van der Waals surface area (Å²) < 4.78 is 33.3. The van der Waals surface area contributed by atoms with Crippen LogP contribution in [0.1, 0.15) is 30.6 Å². The molecule has 8 heteroatoms. The van der Waals surface area contributed by atoms with E-state index < -0.39 is 21.3 Å². The van der Waals surface area contributed by atoms with Gasteiger partial charge in [0.1, 0.15) is 5.75 Å². The summed E-state index contributed by atoms with van der Waals surface area (Å²) >= 11 is 0. The number of amides is 1. The molecule has 1 saturated heterocycles. The molecule has 0 spiro atoms. The van der Waals surface area contributed by atoms with Crippen molar-refractivity contribution in [1.29, 1.82) is 0 Å². The number of esters is 1. The molecule has 2 rings (SSSR count). The lowest BCUT2D eigenvalue weighted by Crippen LogP contribution is -2.48. The Morgan fingerprint density at radius 2 is 1.92 bits per heavy atom. The molecule has 0 saturated carbocycles. The van der Waals surface area contributed by atoms with Gasteiger partial charge in [-0.2, -0.15) is 0 Å². The Morgan fingerprint density at radius 3 is 2.46 bits per heavy atom. The van der Waals surface area contributed by atoms with Crippen LogP contribution in [0.15, 0.2) is 24.3 Å². The van der Waals surface area contributed by atoms with E-state index in [4.69, 9.17) is 9.47 Å². The van der Waals surface area contributed by atoms with Crippen molar-refractivity contribution in [3.05, 3.63) is 29.8 Å². The fraction of sp³-hybridized carbons (Fsp3) is 0.500. The summed E-state index contributed by atoms with van der Waals surface area (Å²) in [7, 11) is -3.08. The Bertz CT molecular complexity index is 713. The Labute approximate surface area is 141 Å². The van der Waals surface area contributed by atoms with Crippen LogP contribution in [-0.4, -0.2) is 50.6 Å². The first-order chi connectivity index (χ1) is 11.2. The minimum atomic E-state index is -3.08. The molecule has 1 amide bonds. The average Bonchev–Trinajstić information content (AvgIpc) is 2.79. The molecule has 1 fully saturated rings. The number of ether oxygens (including phenoxy) is 2. The van der Waals surface area contributed by atoms with Gasteiger partial charge in [0.05, 0.1) is 29.2 Å². The molecule has 1 aliphatic heterocycles. The number of hydrogen-bond acceptors (Lipinski definition) is 6. The Balaban J connectivity index is 1.85. The van der Waals surface area contributed by atoms with Crippen LogP contribution in [-0.2, 0) is 19.4 Å². The van der Waals surface area contributed by atoms with E-state index in [2.05, 4.69) is 5.32 Å². The highest BCUT2D eigenvalue weighted by molar-refractivity contribution is 7.91. The number of sulfone groups is 1. The summed E-state index contributed by atoms with van der Waals surface area (Å²) in [6.07, 6.45) is 0.398. The number of carbonyl (C=O) groups excluding carboxylic acids is 2. The lowest BCUT2D eigenvalue weighted by Gasteiger charge is -2.23. The van der Waals surface area contributed by atoms with Gasteiger partial charge >= 0.3 is 5.97 Å². The van der Waals surface area contributed by atoms with Gasteiger partial charge in [-0.05, 0) is 44.5 Å². The number of nitrogens with one attached hydrogen (secondary N) is 1. The highest BCUT2D eigenvalue weighted by atomic mass is 32.2. The van der Waals surface area contributed by atoms with Crippen LogP contribution in [0.25, 0.3) is 0 Å². The lowest BCUT2D eigenvalue weighted by molar-refractivity contribution is -0.124. The predicted molar refractivity (Wildman–Crippen MR) is 87.7 cm³/mol. The minimum Gasteiger partial charge on any atom is -0.484 e. The third-order valence-electron chi connectivity index (χ3n) is 3.68. The molecule has 0 aromatic heterocycles. The van der Waals surface area contributed by atoms with Crippen molar-refractivity contribution in [2.24, 2.45) is 0 Å². The molecule has 0 unspecified atom stereocenters. The van der Waals surface area contributed by atoms with E-state index in [0.29, 0.717) is 24.3 Å². The van der Waals surface area contributed by atoms with Crippen molar-refractivity contribution in [2.45, 2.75) is 25.8 Å². The monoisotopic (exact) mass is 355 g/mol. The van der Waals surface area contributed by atoms with Crippen LogP contribution in [0.5, 0.6) is 5.75 Å². The number of hydrogen-bond donors (Lipinski definition) is 1. The quantitative estimate of drug-likeness (QED) is 0.763. The molecule has 132 valence electrons. The van der Waals surface area contributed by atoms with Crippen molar-refractivity contribution in [3.63, 3.8) is 0 Å². The van der Waals surface area contributed by atoms with E-state index >= 15 is 0 Å². The largest absolute Gasteiger partial charge is 0.484 e. The first-order valence-corrected chi connectivity index (χ1v) is 9.47. The molecule has 1 atom stereocenters. The van der Waals surface area contributed by atoms with Crippen molar-refractivity contribution >= 4 is 21.7 Å². The summed E-state index contributed by atoms with van der Waals surface area (Å²) in [6.45, 7) is 3.51. The standard InChI is InChI=1S/C16H21NO6S/c1-3-22-15(19)12-4-6-13(7-5-12)23-10-14(18)17-16(2)8-9-24(20,21)11-16/h4-7H,3,8-11H2,1-2H3,(H,17,18)/t16-/m1/s1. The second-order valence-electron chi connectivity index (χ2n) is 5.98. The fourth-order valence-electron chi connectivity index (χ4n) is 2.53. The van der Waals surface area contributed by atoms with Crippen molar-refractivity contribution < 1.29 is 27.5 Å². The summed E-state index contributed by atoms with van der Waals surface area (Å²) in [6, 6.07) is 6.24. The smallest absolute Gasteiger partial charge is 0.338 e. The molecule has 0 aliphatic carbocycles. The second-order valence-corrected chi connectivity index (χ2v) is 8.17. The van der Waals surface area contributed by atoms with Crippen molar-refractivity contribution in [3.8, 4) is 5.75 Å². The minimum absolute atomic E-state index is 0.0556. The fourth-order valence-corrected chi connectivity index (χ4v) is 4.63. The van der Waals surface area contributed by atoms with Crippen molar-refractivity contribution in [1.82, 2.24) is 5.32 Å². The van der Waals surface area contributed by atoms with Gasteiger partial charge in [-0.1, -0.05) is 0 Å². The second kappa shape index (κ2) is 7.21. The first-order valence-electron chi connectivity index (χ1n) is 7.64. The third kappa shape index (κ3) is 4.95. The number of benzene rings is 1. The highest BCUT2D eigenvalue weighted by Gasteiger charge is 2.39. The first kappa shape index (κ1) is 18.3. The van der Waals surface area contributed by atoms with Crippen LogP contribution in [0.2, 0.25) is 0 Å². The summed E-state index contributed by atoms with van der Waals surface area (Å²) in [5.41, 5.74) is -0.343. The van der Waals surface area contributed by atoms with Crippen LogP contribution in [0, 0.1) is 0 Å². The van der Waals surface area contributed by atoms with Crippen LogP contribution in [0.3, 0.4) is 0 Å². The van der Waals surface area contributed by atoms with Gasteiger partial charge in [0, 0.05) is 0 Å². The third-order valence-corrected chi connectivity index (χ3v) is 5.58. The van der Waals surface area contributed by atoms with Gasteiger partial charge in [-0.25, -0.2) is 13.2 Å². The molecular formula is C16H21NO6S. The van der Waals surface area contributed by atoms with Gasteiger partial charge in [-0.3, -0.25) is 4.79 Å². The molecule has 7 nitrogen and oxygen atoms in total. The van der Waals surface area contributed by atoms with E-state index in [-0.39, 0.29) is 24.0 Å². The Kier molecular flexibility index (Phi) is 5.48. The molecule has 0 radical (unpaired) electrons. The predicted octanol–water partition coefficient (Wildman–Crippen LogP) is 0.936. The summed E-state index contributed by atoms with van der Waals surface area (Å²) in [4.78, 5) is 23.5. The Morgan fingerprint density at radius 1 is 1.25 bits per heavy atom. The molecule has 24 heavy (non-hydrogen) atoms. The van der Waals surface area contributed by atoms with Gasteiger partial charge < -0.3 is 14.8 Å². The number of rotatable bonds is 6. The van der Waals surface area contributed by atoms with E-state index in [9.17, 15) is 18.0 Å². The summed E-state index contributed by atoms with van der Waals surface area (Å²) in [5.74, 6) is -0.344. The van der Waals surface area contributed by atoms with Crippen LogP contribution < -0.4 is 10.1 Å². The van der Waals surface area contributed by atoms with E-state index in [1.807, 2.05) is 0 Å². The van der Waals surface area contributed by atoms with Gasteiger partial charge in [0.2, 0.25) is 0 Å². The topological polar surface area (TPSA) is 98.8 Å². The Hall–Kier alpha value is -2.09. The lowest BCUT2D eigenvalue weighted by atomic mass is 10.0. The zero-order chi connectivity index (χ0) is 17.8. The van der Waals surface area contributed by atoms with E-state index in [1.165, 1.54) is 0 Å². The SMILES string of the molecule is CCOC(=O)c1ccc(OCC(=O)N[C@]2(C)CCS(=O)(=O)C2)cc1. The molecule has 1 heterocycles. The number of carbonyl (C=O) groups is 2. The maximum Gasteiger partial charge on any atom is 0.338 e. The maximum absolute atomic E-state index is 11.9. The summed E-state index contributed by atoms with van der Waals surface area (Å²) in [5, 5.41) is 2.71. The zero-order valence-corrected chi connectivity index (χ0v) is 14.5. The molecule has 1 aliphatic rings. The average molecular weight is 355 g/mol. The maximum atomic E-state index is 11.9. The molecule has 1 aromatic carbocycles. The van der Waals surface area contributed by atoms with E-state index in [0.717, 1.165) is 0 Å². The van der Waals surface area contributed by atoms with Crippen LogP contribution in [0.4, 0.5) is 0 Å². The van der Waals surface area contributed by atoms with Crippen molar-refractivity contribution in [2.75, 3.05) is 24.7 Å². The van der Waals surface area contributed by atoms with Gasteiger partial charge in [-0.15, -0.1) is 0 Å². The normalized spacial score (nSPS) is 21.9. The molecule has 0 bridgehead atoms. The van der Waals surface area contributed by atoms with E-state index in [1.54, 1.807) is 38.1 Å². The van der Waals surface area contributed by atoms with Crippen LogP contribution >= 0.6 is 0 Å². The molecular weight excluding hydrogens is 334 g/mol. The zero-order valence-electron chi connectivity index (χ0n) is 13.7. The molecule has 1 N–H and O–H groups in total. The molecule has 1 aromatic rings. The van der Waals surface area contributed by atoms with Gasteiger partial charge in [0.15, 0.2) is 16.4 Å².